The van der Waals surface area contributed by atoms with Gasteiger partial charge in [0.1, 0.15) is 0 Å². The second-order valence-corrected chi connectivity index (χ2v) is 5.55. The minimum Gasteiger partial charge on any atom is -0.355 e. The highest BCUT2D eigenvalue weighted by Gasteiger charge is 2.36. The van der Waals surface area contributed by atoms with Gasteiger partial charge in [0, 0.05) is 16.8 Å². The van der Waals surface area contributed by atoms with E-state index in [0.29, 0.717) is 5.56 Å². The number of rotatable bonds is 0. The third-order valence-electron chi connectivity index (χ3n) is 3.89. The molecule has 0 saturated carbocycles. The van der Waals surface area contributed by atoms with Crippen LogP contribution in [0.2, 0.25) is 0 Å². The van der Waals surface area contributed by atoms with Crippen LogP contribution in [0.4, 0.5) is 24.5 Å². The average Bonchev–Trinajstić information content (AvgIpc) is 2.37. The highest BCUT2D eigenvalue weighted by Crippen LogP contribution is 2.46. The van der Waals surface area contributed by atoms with Crippen LogP contribution < -0.4 is 5.32 Å². The SMILES string of the molecule is CC1(C)c2ccccc2Nc2ccc(C(F)(F)F)cc21. The van der Waals surface area contributed by atoms with E-state index in [1.165, 1.54) is 12.1 Å². The number of fused-ring (bicyclic) bond motifs is 2. The zero-order valence-electron chi connectivity index (χ0n) is 11.2. The Kier molecular flexibility index (Phi) is 2.61. The monoisotopic (exact) mass is 277 g/mol. The third kappa shape index (κ3) is 1.87. The molecule has 1 aliphatic rings. The van der Waals surface area contributed by atoms with E-state index in [9.17, 15) is 13.2 Å². The summed E-state index contributed by atoms with van der Waals surface area (Å²) in [5.41, 5.74) is 2.30. The predicted octanol–water partition coefficient (Wildman–Crippen LogP) is 5.09. The van der Waals surface area contributed by atoms with Gasteiger partial charge in [-0.2, -0.15) is 13.2 Å². The first kappa shape index (κ1) is 13.0. The number of para-hydroxylation sites is 1. The van der Waals surface area contributed by atoms with Crippen molar-refractivity contribution in [3.63, 3.8) is 0 Å². The summed E-state index contributed by atoms with van der Waals surface area (Å²) in [5.74, 6) is 0. The van der Waals surface area contributed by atoms with Gasteiger partial charge >= 0.3 is 6.18 Å². The molecule has 0 fully saturated rings. The van der Waals surface area contributed by atoms with Crippen molar-refractivity contribution in [1.82, 2.24) is 0 Å². The lowest BCUT2D eigenvalue weighted by Crippen LogP contribution is -2.26. The second kappa shape index (κ2) is 4.01. The zero-order valence-corrected chi connectivity index (χ0v) is 11.2. The van der Waals surface area contributed by atoms with Gasteiger partial charge in [-0.1, -0.05) is 32.0 Å². The smallest absolute Gasteiger partial charge is 0.355 e. The van der Waals surface area contributed by atoms with E-state index in [1.807, 2.05) is 38.1 Å². The van der Waals surface area contributed by atoms with Gasteiger partial charge in [-0.25, -0.2) is 0 Å². The molecule has 0 amide bonds. The van der Waals surface area contributed by atoms with Gasteiger partial charge in [-0.05, 0) is 35.4 Å². The first-order valence-electron chi connectivity index (χ1n) is 6.38. The molecule has 1 aliphatic heterocycles. The number of benzene rings is 2. The minimum absolute atomic E-state index is 0.460. The summed E-state index contributed by atoms with van der Waals surface area (Å²) in [5, 5.41) is 3.21. The lowest BCUT2D eigenvalue weighted by atomic mass is 9.74. The zero-order chi connectivity index (χ0) is 14.5. The van der Waals surface area contributed by atoms with E-state index in [0.717, 1.165) is 23.0 Å². The highest BCUT2D eigenvalue weighted by molar-refractivity contribution is 5.75. The van der Waals surface area contributed by atoms with Crippen molar-refractivity contribution in [2.24, 2.45) is 0 Å². The molecule has 2 aromatic rings. The normalized spacial score (nSPS) is 16.1. The Morgan fingerprint density at radius 2 is 1.55 bits per heavy atom. The highest BCUT2D eigenvalue weighted by atomic mass is 19.4. The third-order valence-corrected chi connectivity index (χ3v) is 3.89. The van der Waals surface area contributed by atoms with E-state index in [2.05, 4.69) is 5.32 Å². The molecular formula is C16H14F3N. The van der Waals surface area contributed by atoms with Crippen LogP contribution in [-0.4, -0.2) is 0 Å². The first-order valence-corrected chi connectivity index (χ1v) is 6.38. The fourth-order valence-corrected chi connectivity index (χ4v) is 2.77. The maximum Gasteiger partial charge on any atom is 0.416 e. The summed E-state index contributed by atoms with van der Waals surface area (Å²) in [6.07, 6.45) is -4.32. The van der Waals surface area contributed by atoms with Gasteiger partial charge in [-0.3, -0.25) is 0 Å². The molecule has 0 aromatic heterocycles. The Morgan fingerprint density at radius 3 is 2.25 bits per heavy atom. The van der Waals surface area contributed by atoms with E-state index < -0.39 is 17.2 Å². The summed E-state index contributed by atoms with van der Waals surface area (Å²) in [6, 6.07) is 11.6. The number of hydrogen-bond acceptors (Lipinski definition) is 1. The lowest BCUT2D eigenvalue weighted by Gasteiger charge is -2.36. The molecule has 0 aliphatic carbocycles. The summed E-state index contributed by atoms with van der Waals surface area (Å²) in [7, 11) is 0. The molecule has 104 valence electrons. The van der Waals surface area contributed by atoms with Crippen molar-refractivity contribution in [1.29, 1.82) is 0 Å². The standard InChI is InChI=1S/C16H14F3N/c1-15(2)11-5-3-4-6-13(11)20-14-8-7-10(9-12(14)15)16(17,18)19/h3-9,20H,1-2H3. The Morgan fingerprint density at radius 1 is 0.900 bits per heavy atom. The van der Waals surface area contributed by atoms with Gasteiger partial charge in [0.25, 0.3) is 0 Å². The molecule has 0 unspecified atom stereocenters. The maximum atomic E-state index is 12.9. The number of anilines is 2. The van der Waals surface area contributed by atoms with Crippen molar-refractivity contribution >= 4 is 11.4 Å². The fraction of sp³-hybridized carbons (Fsp3) is 0.250. The quantitative estimate of drug-likeness (QED) is 0.707. The van der Waals surface area contributed by atoms with Gasteiger partial charge in [0.05, 0.1) is 5.56 Å². The molecule has 20 heavy (non-hydrogen) atoms. The summed E-state index contributed by atoms with van der Waals surface area (Å²) >= 11 is 0. The van der Waals surface area contributed by atoms with Gasteiger partial charge < -0.3 is 5.32 Å². The number of alkyl halides is 3. The molecule has 0 atom stereocenters. The van der Waals surface area contributed by atoms with Crippen LogP contribution >= 0.6 is 0 Å². The van der Waals surface area contributed by atoms with Crippen LogP contribution in [0.15, 0.2) is 42.5 Å². The van der Waals surface area contributed by atoms with Crippen molar-refractivity contribution in [3.8, 4) is 0 Å². The number of halogens is 3. The fourth-order valence-electron chi connectivity index (χ4n) is 2.77. The Labute approximate surface area is 115 Å². The minimum atomic E-state index is -4.32. The van der Waals surface area contributed by atoms with E-state index in [4.69, 9.17) is 0 Å². The van der Waals surface area contributed by atoms with Crippen molar-refractivity contribution in [2.75, 3.05) is 5.32 Å². The summed E-state index contributed by atoms with van der Waals surface area (Å²) < 4.78 is 38.7. The largest absolute Gasteiger partial charge is 0.416 e. The number of nitrogens with one attached hydrogen (secondary N) is 1. The molecule has 0 saturated heterocycles. The van der Waals surface area contributed by atoms with E-state index in [-0.39, 0.29) is 0 Å². The summed E-state index contributed by atoms with van der Waals surface area (Å²) in [4.78, 5) is 0. The average molecular weight is 277 g/mol. The topological polar surface area (TPSA) is 12.0 Å². The molecule has 0 bridgehead atoms. The molecule has 1 heterocycles. The molecule has 2 aromatic carbocycles. The lowest BCUT2D eigenvalue weighted by molar-refractivity contribution is -0.137. The first-order chi connectivity index (χ1) is 9.30. The Hall–Kier alpha value is -1.97. The van der Waals surface area contributed by atoms with E-state index >= 15 is 0 Å². The Balaban J connectivity index is 2.20. The predicted molar refractivity (Wildman–Crippen MR) is 73.3 cm³/mol. The van der Waals surface area contributed by atoms with E-state index in [1.54, 1.807) is 0 Å². The van der Waals surface area contributed by atoms with Crippen LogP contribution in [0.25, 0.3) is 0 Å². The Bertz CT molecular complexity index is 672. The second-order valence-electron chi connectivity index (χ2n) is 5.55. The van der Waals surface area contributed by atoms with Crippen molar-refractivity contribution < 1.29 is 13.2 Å². The van der Waals surface area contributed by atoms with Gasteiger partial charge in [0.15, 0.2) is 0 Å². The van der Waals surface area contributed by atoms with Gasteiger partial charge in [-0.15, -0.1) is 0 Å². The molecule has 4 heteroatoms. The van der Waals surface area contributed by atoms with Crippen LogP contribution in [0.5, 0.6) is 0 Å². The molecule has 1 nitrogen and oxygen atoms in total. The van der Waals surface area contributed by atoms with Crippen LogP contribution in [0, 0.1) is 0 Å². The van der Waals surface area contributed by atoms with Crippen molar-refractivity contribution in [3.05, 3.63) is 59.2 Å². The molecule has 0 spiro atoms. The van der Waals surface area contributed by atoms with Crippen molar-refractivity contribution in [2.45, 2.75) is 25.4 Å². The number of hydrogen-bond donors (Lipinski definition) is 1. The van der Waals surface area contributed by atoms with Crippen LogP contribution in [0.3, 0.4) is 0 Å². The molecular weight excluding hydrogens is 263 g/mol. The van der Waals surface area contributed by atoms with Crippen LogP contribution in [0.1, 0.15) is 30.5 Å². The molecule has 1 N–H and O–H groups in total. The summed E-state index contributed by atoms with van der Waals surface area (Å²) in [6.45, 7) is 3.90. The van der Waals surface area contributed by atoms with Crippen LogP contribution in [-0.2, 0) is 11.6 Å². The molecule has 0 radical (unpaired) electrons. The maximum absolute atomic E-state index is 12.9. The van der Waals surface area contributed by atoms with Gasteiger partial charge in [0.2, 0.25) is 0 Å². The molecule has 3 rings (SSSR count).